The van der Waals surface area contributed by atoms with Crippen LogP contribution in [-0.2, 0) is 21.3 Å². The minimum Gasteiger partial charge on any atom is -0.371 e. The fourth-order valence-corrected chi connectivity index (χ4v) is 5.35. The van der Waals surface area contributed by atoms with Gasteiger partial charge in [-0.15, -0.1) is 0 Å². The van der Waals surface area contributed by atoms with Gasteiger partial charge in [0.05, 0.1) is 11.2 Å². The number of likely N-dealkylation sites (tertiary alicyclic amines) is 2. The van der Waals surface area contributed by atoms with E-state index in [4.69, 9.17) is 9.53 Å². The van der Waals surface area contributed by atoms with Gasteiger partial charge < -0.3 is 19.3 Å². The van der Waals surface area contributed by atoms with Crippen LogP contribution in [0.15, 0.2) is 55.1 Å². The summed E-state index contributed by atoms with van der Waals surface area (Å²) in [5.41, 5.74) is 3.54. The Kier molecular flexibility index (Phi) is 9.96. The molecule has 2 saturated heterocycles. The highest BCUT2D eigenvalue weighted by atomic mass is 19.4. The van der Waals surface area contributed by atoms with Crippen molar-refractivity contribution in [3.05, 3.63) is 77.4 Å². The summed E-state index contributed by atoms with van der Waals surface area (Å²) in [6.45, 7) is 12.3. The van der Waals surface area contributed by atoms with Crippen molar-refractivity contribution in [3.8, 4) is 0 Å². The van der Waals surface area contributed by atoms with Crippen molar-refractivity contribution >= 4 is 12.0 Å². The average Bonchev–Trinajstić information content (AvgIpc) is 2.90. The number of alkyl halides is 3. The standard InChI is InChI=1S/C28H35F3N2O.C2H4O/c1-4-34-27(15-19-32(3)20-16-27)25-9-5-22(6-10-25)21(2)33-17-13-24(14-18-33)23-7-11-26(12-8-23)28(29,30)31;1-2-3/h5-12,24H,2,4,13-20H2,1,3H3;2H,1H3. The number of piperidine rings is 2. The molecule has 0 atom stereocenters. The number of halogens is 3. The van der Waals surface area contributed by atoms with Gasteiger partial charge in [0.15, 0.2) is 0 Å². The van der Waals surface area contributed by atoms with E-state index in [0.29, 0.717) is 6.61 Å². The van der Waals surface area contributed by atoms with Gasteiger partial charge in [-0.1, -0.05) is 43.0 Å². The summed E-state index contributed by atoms with van der Waals surface area (Å²) in [5, 5.41) is 0. The molecule has 2 aromatic rings. The van der Waals surface area contributed by atoms with E-state index in [9.17, 15) is 13.2 Å². The van der Waals surface area contributed by atoms with Gasteiger partial charge in [0.25, 0.3) is 0 Å². The molecule has 0 amide bonds. The highest BCUT2D eigenvalue weighted by Crippen LogP contribution is 2.38. The molecule has 7 heteroatoms. The van der Waals surface area contributed by atoms with Crippen LogP contribution in [0.25, 0.3) is 5.70 Å². The van der Waals surface area contributed by atoms with Crippen LogP contribution in [0.1, 0.15) is 67.7 Å². The summed E-state index contributed by atoms with van der Waals surface area (Å²) in [7, 11) is 2.16. The lowest BCUT2D eigenvalue weighted by Crippen LogP contribution is -2.42. The Morgan fingerprint density at radius 1 is 1.03 bits per heavy atom. The zero-order valence-corrected chi connectivity index (χ0v) is 22.2. The number of aldehydes is 1. The topological polar surface area (TPSA) is 32.8 Å². The van der Waals surface area contributed by atoms with Crippen LogP contribution < -0.4 is 0 Å². The third-order valence-corrected chi connectivity index (χ3v) is 7.55. The van der Waals surface area contributed by atoms with Gasteiger partial charge >= 0.3 is 6.18 Å². The third kappa shape index (κ3) is 7.23. The van der Waals surface area contributed by atoms with Crippen molar-refractivity contribution in [3.63, 3.8) is 0 Å². The number of carbonyl (C=O) groups excluding carboxylic acids is 1. The molecular formula is C30H39F3N2O2. The van der Waals surface area contributed by atoms with Crippen LogP contribution in [0.4, 0.5) is 13.2 Å². The molecule has 0 aliphatic carbocycles. The predicted molar refractivity (Wildman–Crippen MR) is 142 cm³/mol. The van der Waals surface area contributed by atoms with E-state index in [-0.39, 0.29) is 11.5 Å². The number of rotatable bonds is 6. The molecule has 0 radical (unpaired) electrons. The molecule has 0 spiro atoms. The van der Waals surface area contributed by atoms with Gasteiger partial charge in [-0.2, -0.15) is 13.2 Å². The number of nitrogens with zero attached hydrogens (tertiary/aromatic N) is 2. The van der Waals surface area contributed by atoms with Crippen molar-refractivity contribution in [1.29, 1.82) is 0 Å². The second-order valence-corrected chi connectivity index (χ2v) is 9.87. The number of ether oxygens (including phenoxy) is 1. The fraction of sp³-hybridized carbons (Fsp3) is 0.500. The van der Waals surface area contributed by atoms with Crippen LogP contribution in [0.2, 0.25) is 0 Å². The van der Waals surface area contributed by atoms with Crippen molar-refractivity contribution in [2.75, 3.05) is 39.8 Å². The second-order valence-electron chi connectivity index (χ2n) is 9.87. The number of hydrogen-bond acceptors (Lipinski definition) is 4. The van der Waals surface area contributed by atoms with Gasteiger partial charge in [0, 0.05) is 38.5 Å². The van der Waals surface area contributed by atoms with E-state index in [1.54, 1.807) is 12.1 Å². The molecule has 2 aliphatic rings. The lowest BCUT2D eigenvalue weighted by Gasteiger charge is -2.41. The summed E-state index contributed by atoms with van der Waals surface area (Å²) in [6, 6.07) is 14.3. The second kappa shape index (κ2) is 12.7. The van der Waals surface area contributed by atoms with Gasteiger partial charge in [0.1, 0.15) is 6.29 Å². The molecule has 0 unspecified atom stereocenters. The highest BCUT2D eigenvalue weighted by Gasteiger charge is 2.36. The van der Waals surface area contributed by atoms with Gasteiger partial charge in [-0.05, 0) is 81.3 Å². The fourth-order valence-electron chi connectivity index (χ4n) is 5.35. The quantitative estimate of drug-likeness (QED) is 0.399. The molecule has 4 rings (SSSR count). The highest BCUT2D eigenvalue weighted by molar-refractivity contribution is 5.62. The summed E-state index contributed by atoms with van der Waals surface area (Å²) in [6.07, 6.45) is 0.266. The Morgan fingerprint density at radius 3 is 2.05 bits per heavy atom. The maximum Gasteiger partial charge on any atom is 0.416 e. The lowest BCUT2D eigenvalue weighted by atomic mass is 9.83. The van der Waals surface area contributed by atoms with Crippen LogP contribution in [-0.4, -0.2) is 55.9 Å². The number of benzene rings is 2. The Hall–Kier alpha value is -2.64. The molecule has 2 fully saturated rings. The summed E-state index contributed by atoms with van der Waals surface area (Å²) in [4.78, 5) is 13.4. The predicted octanol–water partition coefficient (Wildman–Crippen LogP) is 6.72. The maximum absolute atomic E-state index is 12.8. The molecular weight excluding hydrogens is 477 g/mol. The van der Waals surface area contributed by atoms with E-state index < -0.39 is 11.7 Å². The molecule has 2 aliphatic heterocycles. The minimum atomic E-state index is -4.29. The first kappa shape index (κ1) is 28.9. The SMILES string of the molecule is C=C(c1ccc(C2(OCC)CCN(C)CC2)cc1)N1CCC(c2ccc(C(F)(F)F)cc2)CC1.CC=O. The maximum atomic E-state index is 12.8. The third-order valence-electron chi connectivity index (χ3n) is 7.55. The molecule has 4 nitrogen and oxygen atoms in total. The van der Waals surface area contributed by atoms with E-state index in [1.165, 1.54) is 24.6 Å². The van der Waals surface area contributed by atoms with Crippen molar-refractivity contribution < 1.29 is 22.7 Å². The van der Waals surface area contributed by atoms with Crippen molar-refractivity contribution in [1.82, 2.24) is 9.80 Å². The summed E-state index contributed by atoms with van der Waals surface area (Å²) in [5.74, 6) is 0.282. The van der Waals surface area contributed by atoms with Crippen LogP contribution >= 0.6 is 0 Å². The number of hydrogen-bond donors (Lipinski definition) is 0. The summed E-state index contributed by atoms with van der Waals surface area (Å²) < 4.78 is 44.8. The molecule has 0 saturated carbocycles. The van der Waals surface area contributed by atoms with Crippen LogP contribution in [0.5, 0.6) is 0 Å². The van der Waals surface area contributed by atoms with Crippen LogP contribution in [0, 0.1) is 0 Å². The number of carbonyl (C=O) groups is 1. The first-order valence-corrected chi connectivity index (χ1v) is 13.1. The summed E-state index contributed by atoms with van der Waals surface area (Å²) >= 11 is 0. The Morgan fingerprint density at radius 2 is 1.57 bits per heavy atom. The largest absolute Gasteiger partial charge is 0.416 e. The molecule has 0 bridgehead atoms. The average molecular weight is 517 g/mol. The molecule has 2 heterocycles. The molecule has 202 valence electrons. The molecule has 0 N–H and O–H groups in total. The van der Waals surface area contributed by atoms with E-state index in [2.05, 4.69) is 54.6 Å². The Bertz CT molecular complexity index is 1000. The van der Waals surface area contributed by atoms with Gasteiger partial charge in [-0.3, -0.25) is 0 Å². The van der Waals surface area contributed by atoms with Crippen molar-refractivity contribution in [2.45, 2.75) is 57.2 Å². The van der Waals surface area contributed by atoms with Gasteiger partial charge in [-0.25, -0.2) is 0 Å². The monoisotopic (exact) mass is 516 g/mol. The zero-order valence-electron chi connectivity index (χ0n) is 22.2. The van der Waals surface area contributed by atoms with Crippen molar-refractivity contribution in [2.24, 2.45) is 0 Å². The minimum absolute atomic E-state index is 0.207. The Balaban J connectivity index is 0.00000121. The normalized spacial score (nSPS) is 18.6. The van der Waals surface area contributed by atoms with E-state index in [1.807, 2.05) is 0 Å². The molecule has 0 aromatic heterocycles. The van der Waals surface area contributed by atoms with Gasteiger partial charge in [0.2, 0.25) is 0 Å². The van der Waals surface area contributed by atoms with Crippen LogP contribution in [0.3, 0.4) is 0 Å². The first-order valence-electron chi connectivity index (χ1n) is 13.1. The molecule has 2 aromatic carbocycles. The zero-order chi connectivity index (χ0) is 27.1. The Labute approximate surface area is 219 Å². The van der Waals surface area contributed by atoms with E-state index in [0.717, 1.165) is 75.0 Å². The first-order chi connectivity index (χ1) is 17.6. The molecule has 37 heavy (non-hydrogen) atoms. The van der Waals surface area contributed by atoms with E-state index >= 15 is 0 Å². The lowest BCUT2D eigenvalue weighted by molar-refractivity contribution is -0.137. The smallest absolute Gasteiger partial charge is 0.371 e.